The Morgan fingerprint density at radius 1 is 1.47 bits per heavy atom. The van der Waals surface area contributed by atoms with Gasteiger partial charge in [0.2, 0.25) is 0 Å². The second-order valence-electron chi connectivity index (χ2n) is 9.06. The van der Waals surface area contributed by atoms with Crippen LogP contribution in [-0.4, -0.2) is 31.6 Å². The van der Waals surface area contributed by atoms with Crippen molar-refractivity contribution in [3.8, 4) is 6.07 Å². The summed E-state index contributed by atoms with van der Waals surface area (Å²) in [5, 5.41) is 25.2. The predicted molar refractivity (Wildman–Crippen MR) is 121 cm³/mol. The van der Waals surface area contributed by atoms with Crippen molar-refractivity contribution >= 4 is 27.6 Å². The maximum atomic E-state index is 15.0. The van der Waals surface area contributed by atoms with E-state index in [0.717, 1.165) is 36.2 Å². The summed E-state index contributed by atoms with van der Waals surface area (Å²) in [6, 6.07) is 3.35. The Kier molecular flexibility index (Phi) is 6.87. The molecule has 3 unspecified atom stereocenters. The van der Waals surface area contributed by atoms with Gasteiger partial charge >= 0.3 is 0 Å². The highest BCUT2D eigenvalue weighted by molar-refractivity contribution is 8.16. The number of rotatable bonds is 6. The fraction of sp³-hybridized carbons (Fsp3) is 0.545. The van der Waals surface area contributed by atoms with E-state index in [9.17, 15) is 28.2 Å². The average molecular weight is 484 g/mol. The van der Waals surface area contributed by atoms with Gasteiger partial charge in [-0.05, 0) is 67.4 Å². The fourth-order valence-corrected chi connectivity index (χ4v) is 6.71. The van der Waals surface area contributed by atoms with Crippen LogP contribution in [0.1, 0.15) is 74.6 Å². The highest BCUT2D eigenvalue weighted by Crippen LogP contribution is 2.45. The van der Waals surface area contributed by atoms with Crippen LogP contribution in [0.5, 0.6) is 0 Å². The molecule has 1 aliphatic heterocycles. The zero-order chi connectivity index (χ0) is 24.0. The minimum absolute atomic E-state index is 0.0702. The first-order valence-electron chi connectivity index (χ1n) is 10.3. The molecule has 6 nitrogen and oxygen atoms in total. The van der Waals surface area contributed by atoms with Gasteiger partial charge in [0.15, 0.2) is 0 Å². The van der Waals surface area contributed by atoms with Crippen LogP contribution < -0.4 is 5.14 Å². The molecule has 174 valence electrons. The molecular formula is C22H27F2N3O3S2. The van der Waals surface area contributed by atoms with Gasteiger partial charge in [-0.25, -0.2) is 18.1 Å². The third-order valence-corrected chi connectivity index (χ3v) is 9.40. The quantitative estimate of drug-likeness (QED) is 0.630. The average Bonchev–Trinajstić information content (AvgIpc) is 3.40. The van der Waals surface area contributed by atoms with E-state index in [0.29, 0.717) is 5.56 Å². The minimum atomic E-state index is -3.79. The molecule has 0 radical (unpaired) electrons. The van der Waals surface area contributed by atoms with E-state index in [1.54, 1.807) is 13.8 Å². The number of nitrogens with two attached hydrogens (primary N) is 1. The smallest absolute Gasteiger partial charge is 0.259 e. The molecule has 0 spiro atoms. The summed E-state index contributed by atoms with van der Waals surface area (Å²) >= 11 is 0.808. The van der Waals surface area contributed by atoms with Gasteiger partial charge in [-0.2, -0.15) is 5.26 Å². The molecule has 10 heteroatoms. The first-order chi connectivity index (χ1) is 14.8. The fourth-order valence-electron chi connectivity index (χ4n) is 3.83. The van der Waals surface area contributed by atoms with Crippen molar-refractivity contribution in [1.29, 1.82) is 5.26 Å². The van der Waals surface area contributed by atoms with Gasteiger partial charge in [0.25, 0.3) is 5.91 Å². The lowest BCUT2D eigenvalue weighted by Crippen LogP contribution is -2.32. The van der Waals surface area contributed by atoms with Gasteiger partial charge in [0.1, 0.15) is 32.6 Å². The third-order valence-electron chi connectivity index (χ3n) is 5.48. The zero-order valence-corrected chi connectivity index (χ0v) is 20.0. The number of nitrogens with zero attached hydrogens (tertiary/aromatic N) is 2. The number of nitriles is 1. The zero-order valence-electron chi connectivity index (χ0n) is 18.4. The summed E-state index contributed by atoms with van der Waals surface area (Å²) in [6.07, 6.45) is 0.799. The van der Waals surface area contributed by atoms with Crippen LogP contribution in [0.4, 0.5) is 8.78 Å². The number of carbonyl (C=O) groups excluding carboxylic acids is 1. The largest absolute Gasteiger partial charge is 0.385 e. The lowest BCUT2D eigenvalue weighted by atomic mass is 9.87. The van der Waals surface area contributed by atoms with E-state index < -0.39 is 38.0 Å². The van der Waals surface area contributed by atoms with E-state index in [2.05, 4.69) is 4.36 Å². The predicted octanol–water partition coefficient (Wildman–Crippen LogP) is 4.17. The van der Waals surface area contributed by atoms with Crippen LogP contribution in [-0.2, 0) is 21.1 Å². The summed E-state index contributed by atoms with van der Waals surface area (Å²) < 4.78 is 44.8. The lowest BCUT2D eigenvalue weighted by Gasteiger charge is -2.20. The normalized spacial score (nSPS) is 22.9. The van der Waals surface area contributed by atoms with Crippen molar-refractivity contribution in [2.45, 2.75) is 75.1 Å². The van der Waals surface area contributed by atoms with Gasteiger partial charge in [-0.1, -0.05) is 13.8 Å². The van der Waals surface area contributed by atoms with Crippen molar-refractivity contribution in [3.63, 3.8) is 0 Å². The number of alkyl halides is 1. The molecule has 1 aromatic rings. The molecule has 2 aliphatic rings. The van der Waals surface area contributed by atoms with Crippen molar-refractivity contribution in [3.05, 3.63) is 45.1 Å². The Morgan fingerprint density at radius 3 is 2.56 bits per heavy atom. The molecule has 0 aromatic heterocycles. The highest BCUT2D eigenvalue weighted by Gasteiger charge is 2.40. The van der Waals surface area contributed by atoms with E-state index >= 15 is 0 Å². The summed E-state index contributed by atoms with van der Waals surface area (Å²) in [5.41, 5.74) is 0.0218. The molecular weight excluding hydrogens is 456 g/mol. The second-order valence-corrected chi connectivity index (χ2v) is 12.5. The standard InChI is InChI=1S/C22H27F2N3O3S2/c1-11(2)19-15(14(12-5-6-12)7-13(10-25)20(19)24)8-18(28)27-32(26,30)21-16(23)9-17(31-21)22(3,4)29/h7,9,11-12,16,21,29H,5-6,8H2,1-4H3,(H2,26,27,28,30). The number of hydrogen-bond donors (Lipinski definition) is 2. The van der Waals surface area contributed by atoms with Crippen LogP contribution in [0.25, 0.3) is 0 Å². The third kappa shape index (κ3) is 5.06. The van der Waals surface area contributed by atoms with Crippen LogP contribution in [0.2, 0.25) is 0 Å². The summed E-state index contributed by atoms with van der Waals surface area (Å²) in [5.74, 6) is -1.68. The van der Waals surface area contributed by atoms with E-state index in [-0.39, 0.29) is 34.3 Å². The molecule has 1 heterocycles. The molecule has 0 saturated heterocycles. The second kappa shape index (κ2) is 8.86. The summed E-state index contributed by atoms with van der Waals surface area (Å²) in [7, 11) is -3.79. The molecule has 1 fully saturated rings. The maximum absolute atomic E-state index is 15.0. The van der Waals surface area contributed by atoms with Crippen LogP contribution >= 0.6 is 11.8 Å². The van der Waals surface area contributed by atoms with Crippen LogP contribution in [0.3, 0.4) is 0 Å². The number of hydrogen-bond acceptors (Lipinski definition) is 5. The van der Waals surface area contributed by atoms with Gasteiger partial charge in [-0.3, -0.25) is 4.79 Å². The first kappa shape index (κ1) is 24.8. The molecule has 0 bridgehead atoms. The van der Waals surface area contributed by atoms with Crippen molar-refractivity contribution in [2.75, 3.05) is 0 Å². The Hall–Kier alpha value is -1.80. The molecule has 3 atom stereocenters. The number of amides is 1. The molecule has 3 N–H and O–H groups in total. The van der Waals surface area contributed by atoms with Crippen LogP contribution in [0.15, 0.2) is 21.4 Å². The number of thioether (sulfide) groups is 1. The maximum Gasteiger partial charge on any atom is 0.259 e. The number of benzene rings is 1. The number of carbonyl (C=O) groups is 1. The molecule has 3 rings (SSSR count). The molecule has 32 heavy (non-hydrogen) atoms. The Balaban J connectivity index is 1.96. The van der Waals surface area contributed by atoms with E-state index in [1.807, 2.05) is 6.07 Å². The SMILES string of the molecule is CC(C)c1c(F)c(C#N)cc(C2CC2)c1CC(=O)N=S(N)(=O)C1SC(C(C)(C)O)=CC1F. The van der Waals surface area contributed by atoms with E-state index in [4.69, 9.17) is 5.14 Å². The Bertz CT molecular complexity index is 1140. The molecule has 1 aromatic carbocycles. The Morgan fingerprint density at radius 2 is 2.09 bits per heavy atom. The molecule has 1 saturated carbocycles. The Labute approximate surface area is 191 Å². The lowest BCUT2D eigenvalue weighted by molar-refractivity contribution is -0.117. The number of halogens is 2. The van der Waals surface area contributed by atoms with Gasteiger partial charge in [0.05, 0.1) is 17.6 Å². The number of allylic oxidation sites excluding steroid dienone is 1. The van der Waals surface area contributed by atoms with E-state index in [1.165, 1.54) is 19.9 Å². The topological polar surface area (TPSA) is 117 Å². The minimum Gasteiger partial charge on any atom is -0.385 e. The highest BCUT2D eigenvalue weighted by atomic mass is 32.3. The van der Waals surface area contributed by atoms with Crippen LogP contribution in [0, 0.1) is 17.1 Å². The van der Waals surface area contributed by atoms with Crippen molar-refractivity contribution < 1.29 is 22.9 Å². The summed E-state index contributed by atoms with van der Waals surface area (Å²) in [4.78, 5) is 13.1. The number of aliphatic hydroxyl groups is 1. The van der Waals surface area contributed by atoms with Gasteiger partial charge in [-0.15, -0.1) is 16.1 Å². The molecule has 1 aliphatic carbocycles. The van der Waals surface area contributed by atoms with Gasteiger partial charge < -0.3 is 5.11 Å². The molecule has 1 amide bonds. The first-order valence-corrected chi connectivity index (χ1v) is 12.9. The van der Waals surface area contributed by atoms with Crippen molar-refractivity contribution in [1.82, 2.24) is 0 Å². The monoisotopic (exact) mass is 483 g/mol. The van der Waals surface area contributed by atoms with Gasteiger partial charge in [0, 0.05) is 4.91 Å². The summed E-state index contributed by atoms with van der Waals surface area (Å²) in [6.45, 7) is 6.46. The van der Waals surface area contributed by atoms with Crippen molar-refractivity contribution in [2.24, 2.45) is 9.50 Å².